The van der Waals surface area contributed by atoms with Crippen LogP contribution in [0.3, 0.4) is 0 Å². The Hall–Kier alpha value is -1.83. The van der Waals surface area contributed by atoms with Crippen molar-refractivity contribution in [1.82, 2.24) is 29.8 Å². The third-order valence-corrected chi connectivity index (χ3v) is 16.0. The molecule has 0 fully saturated rings. The number of hydrogen-bond donors (Lipinski definition) is 1. The van der Waals surface area contributed by atoms with Gasteiger partial charge in [0.05, 0.1) is 39.1 Å². The van der Waals surface area contributed by atoms with Crippen molar-refractivity contribution in [3.05, 3.63) is 0 Å². The van der Waals surface area contributed by atoms with Crippen molar-refractivity contribution in [2.75, 3.05) is 133 Å². The van der Waals surface area contributed by atoms with E-state index in [0.717, 1.165) is 124 Å². The molecule has 0 aliphatic heterocycles. The van der Waals surface area contributed by atoms with Crippen LogP contribution in [0.1, 0.15) is 299 Å². The molecule has 0 aliphatic rings. The largest absolute Gasteiger partial charge is 0.466 e. The van der Waals surface area contributed by atoms with Gasteiger partial charge in [-0.2, -0.15) is 0 Å². The second-order valence-corrected chi connectivity index (χ2v) is 23.8. The SMILES string of the molecule is C.CCCCCCCCCCCCCOC(=O)CCN(C)CCCN(CC)CCCN(C)CCC(=O)OCCCCCCCCCCCCC.CCCCCCCCCCCCCOC(=O)CCN(C)CCCN(CC)CCCNC. The minimum absolute atomic E-state index is 0. The molecule has 12 nitrogen and oxygen atoms in total. The minimum Gasteiger partial charge on any atom is -0.466 e. The van der Waals surface area contributed by atoms with Crippen molar-refractivity contribution >= 4 is 17.9 Å². The fourth-order valence-corrected chi connectivity index (χ4v) is 10.3. The third-order valence-electron chi connectivity index (χ3n) is 16.0. The number of carbonyl (C=O) groups excluding carboxylic acids is 3. The second-order valence-electron chi connectivity index (χ2n) is 23.8. The molecule has 81 heavy (non-hydrogen) atoms. The van der Waals surface area contributed by atoms with Gasteiger partial charge in [-0.25, -0.2) is 0 Å². The van der Waals surface area contributed by atoms with Gasteiger partial charge >= 0.3 is 17.9 Å². The molecule has 0 aromatic heterocycles. The Morgan fingerprint density at radius 3 is 0.741 bits per heavy atom. The molecule has 12 heteroatoms. The van der Waals surface area contributed by atoms with Crippen LogP contribution in [0.15, 0.2) is 0 Å². The molecule has 0 amide bonds. The number of nitrogens with zero attached hydrogens (tertiary/aromatic N) is 5. The predicted octanol–water partition coefficient (Wildman–Crippen LogP) is 16.6. The highest BCUT2D eigenvalue weighted by Crippen LogP contribution is 2.14. The maximum Gasteiger partial charge on any atom is 0.307 e. The molecule has 0 radical (unpaired) electrons. The van der Waals surface area contributed by atoms with Crippen LogP contribution >= 0.6 is 0 Å². The first-order valence-corrected chi connectivity index (χ1v) is 34.7. The maximum absolute atomic E-state index is 12.2. The highest BCUT2D eigenvalue weighted by Gasteiger charge is 2.11. The van der Waals surface area contributed by atoms with Gasteiger partial charge in [0.2, 0.25) is 0 Å². The van der Waals surface area contributed by atoms with Gasteiger partial charge in [-0.1, -0.05) is 235 Å². The van der Waals surface area contributed by atoms with Crippen LogP contribution in [0.5, 0.6) is 0 Å². The maximum atomic E-state index is 12.2. The lowest BCUT2D eigenvalue weighted by Crippen LogP contribution is -2.32. The van der Waals surface area contributed by atoms with E-state index in [1.807, 2.05) is 7.05 Å². The molecule has 0 atom stereocenters. The molecular formula is C69H144N6O6. The van der Waals surface area contributed by atoms with E-state index in [1.54, 1.807) is 0 Å². The highest BCUT2D eigenvalue weighted by atomic mass is 16.5. The Kier molecular flexibility index (Phi) is 71.0. The molecular weight excluding hydrogens is 1010 g/mol. The average molecular weight is 1150 g/mol. The normalized spacial score (nSPS) is 11.5. The Morgan fingerprint density at radius 1 is 0.296 bits per heavy atom. The zero-order valence-corrected chi connectivity index (χ0v) is 55.3. The van der Waals surface area contributed by atoms with Gasteiger partial charge in [0.1, 0.15) is 0 Å². The molecule has 0 aliphatic carbocycles. The number of hydrogen-bond acceptors (Lipinski definition) is 12. The molecule has 0 aromatic rings. The summed E-state index contributed by atoms with van der Waals surface area (Å²) in [6.07, 6.45) is 49.2. The second kappa shape index (κ2) is 68.9. The van der Waals surface area contributed by atoms with Crippen molar-refractivity contribution in [3.63, 3.8) is 0 Å². The summed E-state index contributed by atoms with van der Waals surface area (Å²) in [5, 5.41) is 3.21. The molecule has 0 unspecified atom stereocenters. The molecule has 1 N–H and O–H groups in total. The fraction of sp³-hybridized carbons (Fsp3) is 0.957. The first-order chi connectivity index (χ1) is 39.1. The van der Waals surface area contributed by atoms with Crippen molar-refractivity contribution in [3.8, 4) is 0 Å². The van der Waals surface area contributed by atoms with Crippen molar-refractivity contribution < 1.29 is 28.6 Å². The monoisotopic (exact) mass is 1150 g/mol. The van der Waals surface area contributed by atoms with Crippen LogP contribution in [-0.4, -0.2) is 176 Å². The summed E-state index contributed by atoms with van der Waals surface area (Å²) in [6.45, 7) is 26.0. The van der Waals surface area contributed by atoms with E-state index in [-0.39, 0.29) is 25.3 Å². The smallest absolute Gasteiger partial charge is 0.307 e. The van der Waals surface area contributed by atoms with Crippen LogP contribution in [0, 0.1) is 0 Å². The fourth-order valence-electron chi connectivity index (χ4n) is 10.3. The van der Waals surface area contributed by atoms with Crippen LogP contribution in [0.2, 0.25) is 0 Å². The van der Waals surface area contributed by atoms with Crippen LogP contribution in [0.25, 0.3) is 0 Å². The predicted molar refractivity (Wildman–Crippen MR) is 352 cm³/mol. The van der Waals surface area contributed by atoms with Crippen molar-refractivity contribution in [2.45, 2.75) is 299 Å². The topological polar surface area (TPSA) is 107 Å². The number of unbranched alkanes of at least 4 members (excludes halogenated alkanes) is 30. The summed E-state index contributed by atoms with van der Waals surface area (Å²) in [6, 6.07) is 0. The zero-order valence-electron chi connectivity index (χ0n) is 55.3. The third kappa shape index (κ3) is 67.2. The average Bonchev–Trinajstić information content (AvgIpc) is 3.45. The standard InChI is InChI=1S/C42H85N3O4.C26H55N3O2.CH4/c1-6-9-11-13-15-17-19-21-23-25-27-39-48-41(46)31-37-43(4)33-29-35-45(8-3)36-30-34-44(5)38-32-42(47)49-40-28-26-24-22-20-18-16-14-12-10-7-2;1-5-7-8-9-10-11-12-13-14-15-16-25-31-26(30)19-24-28(4)21-18-23-29(6-2)22-17-20-27-3;/h6-40H2,1-5H3;27H,5-25H2,1-4H3;1H4. The van der Waals surface area contributed by atoms with E-state index in [0.29, 0.717) is 39.1 Å². The van der Waals surface area contributed by atoms with Gasteiger partial charge in [-0.3, -0.25) is 14.4 Å². The lowest BCUT2D eigenvalue weighted by molar-refractivity contribution is -0.145. The first kappa shape index (κ1) is 83.4. The van der Waals surface area contributed by atoms with Gasteiger partial charge in [0.15, 0.2) is 0 Å². The zero-order chi connectivity index (χ0) is 59.0. The van der Waals surface area contributed by atoms with Crippen molar-refractivity contribution in [1.29, 1.82) is 0 Å². The van der Waals surface area contributed by atoms with Gasteiger partial charge in [-0.15, -0.1) is 0 Å². The number of carbonyl (C=O) groups is 3. The Labute approximate surface area is 506 Å². The Morgan fingerprint density at radius 2 is 0.519 bits per heavy atom. The lowest BCUT2D eigenvalue weighted by Gasteiger charge is -2.24. The quantitative estimate of drug-likeness (QED) is 0.0356. The molecule has 0 saturated heterocycles. The first-order valence-electron chi connectivity index (χ1n) is 34.7. The van der Waals surface area contributed by atoms with Crippen LogP contribution < -0.4 is 5.32 Å². The van der Waals surface area contributed by atoms with Gasteiger partial charge in [0.25, 0.3) is 0 Å². The van der Waals surface area contributed by atoms with E-state index in [4.69, 9.17) is 14.2 Å². The van der Waals surface area contributed by atoms with Crippen molar-refractivity contribution in [2.24, 2.45) is 0 Å². The summed E-state index contributed by atoms with van der Waals surface area (Å²) in [4.78, 5) is 48.0. The Balaban J connectivity index is -0.00000164. The number of nitrogens with one attached hydrogen (secondary N) is 1. The van der Waals surface area contributed by atoms with E-state index in [1.165, 1.54) is 199 Å². The van der Waals surface area contributed by atoms with Crippen LogP contribution in [-0.2, 0) is 28.6 Å². The van der Waals surface area contributed by atoms with E-state index in [2.05, 4.69) is 85.6 Å². The molecule has 0 spiro atoms. The highest BCUT2D eigenvalue weighted by molar-refractivity contribution is 5.70. The summed E-state index contributed by atoms with van der Waals surface area (Å²) in [5.74, 6) is -0.159. The summed E-state index contributed by atoms with van der Waals surface area (Å²) in [5.41, 5.74) is 0. The molecule has 0 aromatic carbocycles. The summed E-state index contributed by atoms with van der Waals surface area (Å²) < 4.78 is 16.4. The van der Waals surface area contributed by atoms with Crippen LogP contribution in [0.4, 0.5) is 0 Å². The molecule has 0 saturated carbocycles. The van der Waals surface area contributed by atoms with Gasteiger partial charge in [0, 0.05) is 19.6 Å². The minimum atomic E-state index is -0.0594. The van der Waals surface area contributed by atoms with E-state index >= 15 is 0 Å². The number of ether oxygens (including phenoxy) is 3. The number of rotatable bonds is 63. The summed E-state index contributed by atoms with van der Waals surface area (Å²) in [7, 11) is 8.32. The molecule has 0 bridgehead atoms. The lowest BCUT2D eigenvalue weighted by atomic mass is 10.1. The molecule has 0 rings (SSSR count). The molecule has 486 valence electrons. The van der Waals surface area contributed by atoms with E-state index < -0.39 is 0 Å². The molecule has 0 heterocycles. The van der Waals surface area contributed by atoms with Gasteiger partial charge in [-0.05, 0) is 139 Å². The number of esters is 3. The summed E-state index contributed by atoms with van der Waals surface area (Å²) >= 11 is 0. The Bertz CT molecular complexity index is 1210. The van der Waals surface area contributed by atoms with E-state index in [9.17, 15) is 14.4 Å². The van der Waals surface area contributed by atoms with Gasteiger partial charge < -0.3 is 44.0 Å².